The van der Waals surface area contributed by atoms with Gasteiger partial charge in [-0.1, -0.05) is 63.9 Å². The van der Waals surface area contributed by atoms with Gasteiger partial charge >= 0.3 is 6.18 Å². The third-order valence-electron chi connectivity index (χ3n) is 6.02. The van der Waals surface area contributed by atoms with Gasteiger partial charge in [-0.2, -0.15) is 18.3 Å². The standard InChI is InChI=1S/C26H20BrClF3N3O2/c1-25(18-5-3-2-4-6-18)15-33(14-23(36)34(16-35)20-10-8-19(27)9-11-20)32-24(25)17-7-12-21(22(28)13-17)26(29,30)31/h2-13,16H,14-15H2,1H3. The molecule has 1 heterocycles. The number of hydrogen-bond donors (Lipinski definition) is 0. The minimum atomic E-state index is -4.58. The number of hydrogen-bond acceptors (Lipinski definition) is 4. The predicted octanol–water partition coefficient (Wildman–Crippen LogP) is 6.29. The summed E-state index contributed by atoms with van der Waals surface area (Å²) < 4.78 is 40.6. The molecular weight excluding hydrogens is 559 g/mol. The monoisotopic (exact) mass is 577 g/mol. The third kappa shape index (κ3) is 5.17. The minimum absolute atomic E-state index is 0.213. The molecule has 186 valence electrons. The highest BCUT2D eigenvalue weighted by Crippen LogP contribution is 2.39. The summed E-state index contributed by atoms with van der Waals surface area (Å²) in [7, 11) is 0. The summed E-state index contributed by atoms with van der Waals surface area (Å²) >= 11 is 9.32. The van der Waals surface area contributed by atoms with Crippen LogP contribution in [0.5, 0.6) is 0 Å². The first-order valence-corrected chi connectivity index (χ1v) is 12.0. The molecule has 5 nitrogen and oxygen atoms in total. The van der Waals surface area contributed by atoms with Crippen molar-refractivity contribution in [1.29, 1.82) is 0 Å². The largest absolute Gasteiger partial charge is 0.417 e. The number of carbonyl (C=O) groups is 2. The summed E-state index contributed by atoms with van der Waals surface area (Å²) in [6.45, 7) is 1.96. The molecular formula is C26H20BrClF3N3O2. The average molecular weight is 579 g/mol. The topological polar surface area (TPSA) is 53.0 Å². The van der Waals surface area contributed by atoms with Crippen LogP contribution in [0.4, 0.5) is 18.9 Å². The highest BCUT2D eigenvalue weighted by molar-refractivity contribution is 9.10. The molecule has 3 aromatic rings. The second-order valence-corrected chi connectivity index (χ2v) is 9.83. The molecule has 1 atom stereocenters. The molecule has 1 aliphatic heterocycles. The van der Waals surface area contributed by atoms with Gasteiger partial charge in [0.15, 0.2) is 0 Å². The van der Waals surface area contributed by atoms with Crippen molar-refractivity contribution in [3.8, 4) is 0 Å². The Morgan fingerprint density at radius 3 is 2.39 bits per heavy atom. The van der Waals surface area contributed by atoms with E-state index in [0.29, 0.717) is 23.4 Å². The number of halogens is 5. The summed E-state index contributed by atoms with van der Waals surface area (Å²) in [6, 6.07) is 19.6. The van der Waals surface area contributed by atoms with E-state index in [9.17, 15) is 22.8 Å². The zero-order valence-electron chi connectivity index (χ0n) is 19.0. The van der Waals surface area contributed by atoms with Crippen LogP contribution in [0, 0.1) is 0 Å². The second kappa shape index (κ2) is 10.1. The number of imide groups is 1. The number of anilines is 1. The van der Waals surface area contributed by atoms with E-state index in [1.807, 2.05) is 37.3 Å². The van der Waals surface area contributed by atoms with E-state index >= 15 is 0 Å². The van der Waals surface area contributed by atoms with Crippen molar-refractivity contribution in [2.45, 2.75) is 18.5 Å². The fraction of sp³-hybridized carbons (Fsp3) is 0.192. The van der Waals surface area contributed by atoms with Gasteiger partial charge < -0.3 is 0 Å². The van der Waals surface area contributed by atoms with Crippen molar-refractivity contribution in [2.24, 2.45) is 5.10 Å². The number of hydrazone groups is 1. The van der Waals surface area contributed by atoms with Gasteiger partial charge in [0, 0.05) is 10.0 Å². The molecule has 4 rings (SSSR count). The minimum Gasteiger partial charge on any atom is -0.286 e. The molecule has 1 unspecified atom stereocenters. The summed E-state index contributed by atoms with van der Waals surface area (Å²) in [5, 5.41) is 5.71. The Morgan fingerprint density at radius 2 is 1.81 bits per heavy atom. The van der Waals surface area contributed by atoms with Crippen molar-refractivity contribution in [1.82, 2.24) is 5.01 Å². The highest BCUT2D eigenvalue weighted by atomic mass is 79.9. The third-order valence-corrected chi connectivity index (χ3v) is 6.86. The summed E-state index contributed by atoms with van der Waals surface area (Å²) in [6.07, 6.45) is -4.14. The maximum Gasteiger partial charge on any atom is 0.417 e. The van der Waals surface area contributed by atoms with Gasteiger partial charge in [0.25, 0.3) is 5.91 Å². The van der Waals surface area contributed by atoms with Crippen LogP contribution in [0.3, 0.4) is 0 Å². The van der Waals surface area contributed by atoms with E-state index in [4.69, 9.17) is 11.6 Å². The molecule has 36 heavy (non-hydrogen) atoms. The van der Waals surface area contributed by atoms with Crippen LogP contribution in [0.25, 0.3) is 0 Å². The first-order chi connectivity index (χ1) is 17.0. The molecule has 0 radical (unpaired) electrons. The van der Waals surface area contributed by atoms with E-state index in [2.05, 4.69) is 21.0 Å². The molecule has 0 spiro atoms. The molecule has 1 aliphatic rings. The van der Waals surface area contributed by atoms with E-state index in [0.717, 1.165) is 21.0 Å². The normalized spacial score (nSPS) is 17.6. The fourth-order valence-electron chi connectivity index (χ4n) is 4.22. The molecule has 0 bridgehead atoms. The van der Waals surface area contributed by atoms with Crippen molar-refractivity contribution in [2.75, 3.05) is 18.0 Å². The molecule has 0 aliphatic carbocycles. The molecule has 0 fully saturated rings. The quantitative estimate of drug-likeness (QED) is 0.323. The van der Waals surface area contributed by atoms with Crippen LogP contribution in [0.15, 0.2) is 82.4 Å². The maximum atomic E-state index is 13.3. The van der Waals surface area contributed by atoms with Gasteiger partial charge in [-0.05, 0) is 48.9 Å². The Morgan fingerprint density at radius 1 is 1.14 bits per heavy atom. The van der Waals surface area contributed by atoms with Crippen molar-refractivity contribution >= 4 is 51.2 Å². The average Bonchev–Trinajstić information content (AvgIpc) is 3.17. The van der Waals surface area contributed by atoms with E-state index in [-0.39, 0.29) is 13.1 Å². The molecule has 0 saturated heterocycles. The molecule has 0 saturated carbocycles. The van der Waals surface area contributed by atoms with Crippen LogP contribution < -0.4 is 4.90 Å². The number of carbonyl (C=O) groups excluding carboxylic acids is 2. The van der Waals surface area contributed by atoms with Crippen molar-refractivity contribution in [3.63, 3.8) is 0 Å². The van der Waals surface area contributed by atoms with Crippen LogP contribution in [-0.2, 0) is 21.2 Å². The summed E-state index contributed by atoms with van der Waals surface area (Å²) in [5.41, 5.74) is 0.467. The van der Waals surface area contributed by atoms with Gasteiger partial charge in [-0.15, -0.1) is 0 Å². The lowest BCUT2D eigenvalue weighted by Gasteiger charge is -2.28. The molecule has 10 heteroatoms. The fourth-order valence-corrected chi connectivity index (χ4v) is 4.77. The van der Waals surface area contributed by atoms with Gasteiger partial charge in [0.05, 0.1) is 33.9 Å². The Hall–Kier alpha value is -3.17. The van der Waals surface area contributed by atoms with Gasteiger partial charge in [-0.3, -0.25) is 19.5 Å². The van der Waals surface area contributed by atoms with Crippen molar-refractivity contribution in [3.05, 3.63) is 99.0 Å². The smallest absolute Gasteiger partial charge is 0.286 e. The Bertz CT molecular complexity index is 1320. The Labute approximate surface area is 219 Å². The lowest BCUT2D eigenvalue weighted by atomic mass is 9.76. The van der Waals surface area contributed by atoms with Crippen LogP contribution in [0.2, 0.25) is 5.02 Å². The molecule has 0 N–H and O–H groups in total. The number of nitrogens with zero attached hydrogens (tertiary/aromatic N) is 3. The molecule has 3 aromatic carbocycles. The predicted molar refractivity (Wildman–Crippen MR) is 136 cm³/mol. The van der Waals surface area contributed by atoms with E-state index in [1.54, 1.807) is 24.3 Å². The summed E-state index contributed by atoms with van der Waals surface area (Å²) in [4.78, 5) is 25.8. The van der Waals surface area contributed by atoms with E-state index in [1.165, 1.54) is 17.1 Å². The zero-order chi connectivity index (χ0) is 26.1. The Kier molecular flexibility index (Phi) is 7.24. The lowest BCUT2D eigenvalue weighted by molar-refractivity contribution is -0.137. The summed E-state index contributed by atoms with van der Waals surface area (Å²) in [5.74, 6) is -0.502. The highest BCUT2D eigenvalue weighted by Gasteiger charge is 2.42. The molecule has 0 aromatic heterocycles. The number of amides is 2. The Balaban J connectivity index is 1.69. The second-order valence-electron chi connectivity index (χ2n) is 8.51. The molecule has 2 amide bonds. The SMILES string of the molecule is CC1(c2ccccc2)CN(CC(=O)N(C=O)c2ccc(Br)cc2)N=C1c1ccc(C(F)(F)F)c(Cl)c1. The number of alkyl halides is 3. The van der Waals surface area contributed by atoms with Gasteiger partial charge in [-0.25, -0.2) is 0 Å². The van der Waals surface area contributed by atoms with Crippen LogP contribution >= 0.6 is 27.5 Å². The first-order valence-electron chi connectivity index (χ1n) is 10.8. The van der Waals surface area contributed by atoms with Gasteiger partial charge in [0.1, 0.15) is 6.54 Å². The number of benzene rings is 3. The van der Waals surface area contributed by atoms with Crippen LogP contribution in [0.1, 0.15) is 23.6 Å². The van der Waals surface area contributed by atoms with Crippen molar-refractivity contribution < 1.29 is 22.8 Å². The van der Waals surface area contributed by atoms with E-state index < -0.39 is 28.1 Å². The number of rotatable bonds is 6. The van der Waals surface area contributed by atoms with Crippen LogP contribution in [-0.4, -0.2) is 36.1 Å². The zero-order valence-corrected chi connectivity index (χ0v) is 21.3. The maximum absolute atomic E-state index is 13.3. The first kappa shape index (κ1) is 25.9. The van der Waals surface area contributed by atoms with Gasteiger partial charge in [0.2, 0.25) is 6.41 Å². The lowest BCUT2D eigenvalue weighted by Crippen LogP contribution is -2.40.